The molecule has 2 heterocycles. The van der Waals surface area contributed by atoms with E-state index in [-0.39, 0.29) is 12.4 Å². The summed E-state index contributed by atoms with van der Waals surface area (Å²) in [7, 11) is 1.90. The third-order valence-electron chi connectivity index (χ3n) is 3.23. The summed E-state index contributed by atoms with van der Waals surface area (Å²) in [4.78, 5) is 12.5. The van der Waals surface area contributed by atoms with E-state index < -0.39 is 0 Å². The van der Waals surface area contributed by atoms with E-state index >= 15 is 0 Å². The number of guanidine groups is 1. The molecule has 21 heavy (non-hydrogen) atoms. The van der Waals surface area contributed by atoms with Gasteiger partial charge in [-0.3, -0.25) is 0 Å². The van der Waals surface area contributed by atoms with E-state index in [9.17, 15) is 0 Å². The standard InChI is InChI=1S/C14H17N5S.ClH/c1-18-14(20-11-15-18)17-13(19-9-5-6-10-19)16-12-7-3-2-4-8-12;/h2-4,7-8,11H,5-6,9-10H2,1H3;1H. The normalized spacial score (nSPS) is 16.1. The molecule has 0 saturated carbocycles. The molecule has 112 valence electrons. The molecule has 7 heteroatoms. The van der Waals surface area contributed by atoms with Gasteiger partial charge in [0.15, 0.2) is 0 Å². The van der Waals surface area contributed by atoms with Gasteiger partial charge in [-0.2, -0.15) is 10.1 Å². The largest absolute Gasteiger partial charge is 0.341 e. The number of aromatic nitrogens is 2. The van der Waals surface area contributed by atoms with Gasteiger partial charge in [0.2, 0.25) is 10.8 Å². The molecule has 1 aliphatic rings. The van der Waals surface area contributed by atoms with Gasteiger partial charge in [-0.15, -0.1) is 12.4 Å². The Hall–Kier alpha value is -1.66. The van der Waals surface area contributed by atoms with Crippen LogP contribution in [0, 0.1) is 0 Å². The van der Waals surface area contributed by atoms with Crippen LogP contribution in [0.25, 0.3) is 0 Å². The zero-order valence-electron chi connectivity index (χ0n) is 11.8. The van der Waals surface area contributed by atoms with Crippen LogP contribution in [-0.2, 0) is 7.05 Å². The number of rotatable bonds is 1. The molecular formula is C14H18ClN5S. The molecule has 0 spiro atoms. The lowest BCUT2D eigenvalue weighted by atomic mass is 10.3. The number of hydrogen-bond acceptors (Lipinski definition) is 3. The number of halogens is 1. The van der Waals surface area contributed by atoms with Gasteiger partial charge in [-0.25, -0.2) is 9.67 Å². The first-order valence-corrected chi connectivity index (χ1v) is 7.61. The first-order chi connectivity index (χ1) is 9.83. The number of hydrogen-bond donors (Lipinski definition) is 0. The van der Waals surface area contributed by atoms with Crippen molar-refractivity contribution in [1.29, 1.82) is 0 Å². The quantitative estimate of drug-likeness (QED) is 0.598. The van der Waals surface area contributed by atoms with Crippen LogP contribution in [0.5, 0.6) is 0 Å². The lowest BCUT2D eigenvalue weighted by molar-refractivity contribution is 0.511. The Labute approximate surface area is 134 Å². The highest BCUT2D eigenvalue weighted by molar-refractivity contribution is 7.06. The van der Waals surface area contributed by atoms with Crippen LogP contribution < -0.4 is 4.80 Å². The molecule has 0 N–H and O–H groups in total. The second-order valence-corrected chi connectivity index (χ2v) is 5.51. The molecule has 0 radical (unpaired) electrons. The number of aliphatic imine (C=N–C) groups is 1. The minimum absolute atomic E-state index is 0. The molecule has 1 aliphatic heterocycles. The Bertz CT molecular complexity index is 655. The molecular weight excluding hydrogens is 306 g/mol. The summed E-state index contributed by atoms with van der Waals surface area (Å²) in [5.74, 6) is 0.786. The monoisotopic (exact) mass is 323 g/mol. The van der Waals surface area contributed by atoms with Crippen LogP contribution in [0.15, 0.2) is 45.8 Å². The van der Waals surface area contributed by atoms with Crippen molar-refractivity contribution in [2.24, 2.45) is 17.0 Å². The maximum absolute atomic E-state index is 4.70. The molecule has 1 saturated heterocycles. The van der Waals surface area contributed by atoms with Gasteiger partial charge < -0.3 is 4.90 Å². The highest BCUT2D eigenvalue weighted by atomic mass is 35.5. The minimum Gasteiger partial charge on any atom is -0.341 e. The summed E-state index contributed by atoms with van der Waals surface area (Å²) in [6, 6.07) is 9.98. The SMILES string of the molecule is Cl.Cn1ncsc1=NC(=Nc1ccccc1)N1CCCC1. The highest BCUT2D eigenvalue weighted by Gasteiger charge is 2.16. The van der Waals surface area contributed by atoms with E-state index in [4.69, 9.17) is 9.98 Å². The fourth-order valence-electron chi connectivity index (χ4n) is 2.15. The van der Waals surface area contributed by atoms with Crippen molar-refractivity contribution < 1.29 is 0 Å². The van der Waals surface area contributed by atoms with Gasteiger partial charge in [0.1, 0.15) is 5.51 Å². The number of benzene rings is 1. The highest BCUT2D eigenvalue weighted by Crippen LogP contribution is 2.15. The van der Waals surface area contributed by atoms with Crippen molar-refractivity contribution in [3.63, 3.8) is 0 Å². The van der Waals surface area contributed by atoms with Crippen LogP contribution in [0.1, 0.15) is 12.8 Å². The summed E-state index contributed by atoms with van der Waals surface area (Å²) < 4.78 is 1.78. The number of aryl methyl sites for hydroxylation is 1. The van der Waals surface area contributed by atoms with Crippen molar-refractivity contribution in [1.82, 2.24) is 14.7 Å². The fraction of sp³-hybridized carbons (Fsp3) is 0.357. The molecule has 1 fully saturated rings. The van der Waals surface area contributed by atoms with Crippen LogP contribution in [-0.4, -0.2) is 33.7 Å². The minimum atomic E-state index is 0. The van der Waals surface area contributed by atoms with E-state index in [2.05, 4.69) is 10.00 Å². The molecule has 0 atom stereocenters. The molecule has 1 aromatic heterocycles. The predicted molar refractivity (Wildman–Crippen MR) is 88.2 cm³/mol. The number of likely N-dealkylation sites (tertiary alicyclic amines) is 1. The average Bonchev–Trinajstić information content (AvgIpc) is 3.12. The van der Waals surface area contributed by atoms with E-state index in [1.165, 1.54) is 24.2 Å². The van der Waals surface area contributed by atoms with Gasteiger partial charge in [0.25, 0.3) is 0 Å². The Kier molecular flexibility index (Phi) is 5.52. The van der Waals surface area contributed by atoms with Crippen molar-refractivity contribution in [2.45, 2.75) is 12.8 Å². The smallest absolute Gasteiger partial charge is 0.228 e. The topological polar surface area (TPSA) is 45.8 Å². The predicted octanol–water partition coefficient (Wildman–Crippen LogP) is 2.59. The zero-order valence-corrected chi connectivity index (χ0v) is 13.5. The van der Waals surface area contributed by atoms with E-state index in [0.29, 0.717) is 0 Å². The Morgan fingerprint density at radius 1 is 1.19 bits per heavy atom. The Morgan fingerprint density at radius 3 is 2.52 bits per heavy atom. The molecule has 3 rings (SSSR count). The maximum Gasteiger partial charge on any atom is 0.228 e. The van der Waals surface area contributed by atoms with Crippen LogP contribution >= 0.6 is 23.7 Å². The van der Waals surface area contributed by atoms with Crippen LogP contribution in [0.4, 0.5) is 5.69 Å². The van der Waals surface area contributed by atoms with Crippen molar-refractivity contribution in [2.75, 3.05) is 13.1 Å². The molecule has 0 amide bonds. The van der Waals surface area contributed by atoms with Gasteiger partial charge >= 0.3 is 0 Å². The van der Waals surface area contributed by atoms with Crippen molar-refractivity contribution in [3.05, 3.63) is 40.6 Å². The molecule has 2 aromatic rings. The third kappa shape index (κ3) is 3.92. The van der Waals surface area contributed by atoms with Gasteiger partial charge in [-0.05, 0) is 25.0 Å². The molecule has 0 bridgehead atoms. The van der Waals surface area contributed by atoms with Crippen LogP contribution in [0.3, 0.4) is 0 Å². The van der Waals surface area contributed by atoms with E-state index in [1.54, 1.807) is 10.2 Å². The fourth-order valence-corrected chi connectivity index (χ4v) is 2.77. The zero-order chi connectivity index (χ0) is 13.8. The third-order valence-corrected chi connectivity index (χ3v) is 3.99. The van der Waals surface area contributed by atoms with E-state index in [1.807, 2.05) is 37.4 Å². The molecule has 5 nitrogen and oxygen atoms in total. The van der Waals surface area contributed by atoms with Crippen molar-refractivity contribution >= 4 is 35.4 Å². The lowest BCUT2D eigenvalue weighted by Gasteiger charge is -2.15. The van der Waals surface area contributed by atoms with Gasteiger partial charge in [-0.1, -0.05) is 29.5 Å². The first-order valence-electron chi connectivity index (χ1n) is 6.73. The second-order valence-electron chi connectivity index (χ2n) is 4.70. The summed E-state index contributed by atoms with van der Waals surface area (Å²) in [5, 5.41) is 4.17. The molecule has 0 aliphatic carbocycles. The second kappa shape index (κ2) is 7.38. The summed E-state index contributed by atoms with van der Waals surface area (Å²) in [6.07, 6.45) is 2.41. The molecule has 0 unspecified atom stereocenters. The maximum atomic E-state index is 4.70. The summed E-state index contributed by atoms with van der Waals surface area (Å²) in [5.41, 5.74) is 2.73. The number of nitrogens with zero attached hydrogens (tertiary/aromatic N) is 5. The molecule has 1 aromatic carbocycles. The van der Waals surface area contributed by atoms with Crippen molar-refractivity contribution in [3.8, 4) is 0 Å². The lowest BCUT2D eigenvalue weighted by Crippen LogP contribution is -2.29. The summed E-state index contributed by atoms with van der Waals surface area (Å²) >= 11 is 1.52. The summed E-state index contributed by atoms with van der Waals surface area (Å²) in [6.45, 7) is 2.05. The van der Waals surface area contributed by atoms with E-state index in [0.717, 1.165) is 29.5 Å². The Morgan fingerprint density at radius 2 is 1.90 bits per heavy atom. The van der Waals surface area contributed by atoms with Gasteiger partial charge in [0.05, 0.1) is 5.69 Å². The number of para-hydroxylation sites is 1. The van der Waals surface area contributed by atoms with Gasteiger partial charge in [0, 0.05) is 20.1 Å². The Balaban J connectivity index is 0.00000161. The van der Waals surface area contributed by atoms with Crippen LogP contribution in [0.2, 0.25) is 0 Å². The first kappa shape index (κ1) is 15.7. The average molecular weight is 324 g/mol.